The van der Waals surface area contributed by atoms with E-state index in [4.69, 9.17) is 20.5 Å². The van der Waals surface area contributed by atoms with E-state index in [1.54, 1.807) is 6.07 Å². The van der Waals surface area contributed by atoms with Crippen LogP contribution in [0.1, 0.15) is 5.56 Å². The Balaban J connectivity index is 1.84. The summed E-state index contributed by atoms with van der Waals surface area (Å²) in [7, 11) is 0. The number of rotatable bonds is 3. The third-order valence-corrected chi connectivity index (χ3v) is 3.07. The predicted molar refractivity (Wildman–Crippen MR) is 76.0 cm³/mol. The Kier molecular flexibility index (Phi) is 3.05. The quantitative estimate of drug-likeness (QED) is 0.836. The fourth-order valence-corrected chi connectivity index (χ4v) is 2.06. The lowest BCUT2D eigenvalue weighted by atomic mass is 10.1. The van der Waals surface area contributed by atoms with Crippen LogP contribution in [-0.2, 0) is 6.42 Å². The number of nitrogens with zero attached hydrogens (tertiary/aromatic N) is 1. The van der Waals surface area contributed by atoms with E-state index in [0.29, 0.717) is 12.1 Å². The second-order valence-corrected chi connectivity index (χ2v) is 4.44. The lowest BCUT2D eigenvalue weighted by molar-refractivity contribution is 0.174. The van der Waals surface area contributed by atoms with E-state index < -0.39 is 0 Å². The molecule has 1 aliphatic rings. The first-order chi connectivity index (χ1) is 9.76. The number of nitrogen functional groups attached to an aromatic ring is 1. The molecule has 0 bridgehead atoms. The van der Waals surface area contributed by atoms with Gasteiger partial charge in [-0.1, -0.05) is 0 Å². The minimum Gasteiger partial charge on any atom is -0.454 e. The first-order valence-corrected chi connectivity index (χ1v) is 6.18. The molecule has 0 aromatic heterocycles. The first kappa shape index (κ1) is 12.2. The van der Waals surface area contributed by atoms with Crippen LogP contribution in [0.3, 0.4) is 0 Å². The monoisotopic (exact) mass is 267 g/mol. The second-order valence-electron chi connectivity index (χ2n) is 4.44. The van der Waals surface area contributed by atoms with Gasteiger partial charge in [0.05, 0.1) is 12.5 Å². The molecule has 0 aliphatic carbocycles. The second kappa shape index (κ2) is 5.02. The van der Waals surface area contributed by atoms with Crippen molar-refractivity contribution in [1.82, 2.24) is 0 Å². The Bertz CT molecular complexity index is 692. The average molecular weight is 267 g/mol. The van der Waals surface area contributed by atoms with E-state index in [1.165, 1.54) is 0 Å². The summed E-state index contributed by atoms with van der Waals surface area (Å²) < 4.78 is 10.6. The molecule has 0 unspecified atom stereocenters. The van der Waals surface area contributed by atoms with E-state index in [1.807, 2.05) is 30.3 Å². The summed E-state index contributed by atoms with van der Waals surface area (Å²) in [5, 5.41) is 12.0. The normalized spacial score (nSPS) is 11.9. The minimum absolute atomic E-state index is 0.257. The zero-order valence-electron chi connectivity index (χ0n) is 10.7. The van der Waals surface area contributed by atoms with Gasteiger partial charge in [0, 0.05) is 23.1 Å². The fraction of sp³-hybridized carbons (Fsp3) is 0.133. The van der Waals surface area contributed by atoms with Crippen molar-refractivity contribution < 1.29 is 9.47 Å². The largest absolute Gasteiger partial charge is 0.454 e. The zero-order chi connectivity index (χ0) is 13.9. The van der Waals surface area contributed by atoms with Gasteiger partial charge in [0.15, 0.2) is 11.5 Å². The number of ether oxygens (including phenoxy) is 2. The van der Waals surface area contributed by atoms with Gasteiger partial charge in [-0.25, -0.2) is 0 Å². The fourth-order valence-electron chi connectivity index (χ4n) is 2.06. The number of hydrogen-bond donors (Lipinski definition) is 2. The molecule has 2 aromatic rings. The van der Waals surface area contributed by atoms with Crippen LogP contribution in [0.4, 0.5) is 17.1 Å². The summed E-state index contributed by atoms with van der Waals surface area (Å²) in [6, 6.07) is 13.3. The average Bonchev–Trinajstić information content (AvgIpc) is 2.90. The summed E-state index contributed by atoms with van der Waals surface area (Å²) in [6.07, 6.45) is 0.294. The number of nitrogens with one attached hydrogen (secondary N) is 1. The highest BCUT2D eigenvalue weighted by Crippen LogP contribution is 2.35. The highest BCUT2D eigenvalue weighted by Gasteiger charge is 2.13. The van der Waals surface area contributed by atoms with Crippen molar-refractivity contribution in [2.24, 2.45) is 0 Å². The van der Waals surface area contributed by atoms with Crippen molar-refractivity contribution in [1.29, 1.82) is 5.26 Å². The van der Waals surface area contributed by atoms with Crippen LogP contribution >= 0.6 is 0 Å². The van der Waals surface area contributed by atoms with Crippen LogP contribution in [0.15, 0.2) is 36.4 Å². The summed E-state index contributed by atoms with van der Waals surface area (Å²) in [5.74, 6) is 1.47. The molecule has 100 valence electrons. The van der Waals surface area contributed by atoms with Crippen molar-refractivity contribution >= 4 is 17.1 Å². The molecular weight excluding hydrogens is 254 g/mol. The Morgan fingerprint density at radius 2 is 1.85 bits per heavy atom. The molecule has 2 aromatic carbocycles. The number of nitrogens with two attached hydrogens (primary N) is 1. The molecule has 0 atom stereocenters. The van der Waals surface area contributed by atoms with Gasteiger partial charge in [-0.05, 0) is 35.9 Å². The lowest BCUT2D eigenvalue weighted by Crippen LogP contribution is -1.96. The Morgan fingerprint density at radius 1 is 1.10 bits per heavy atom. The molecular formula is C15H13N3O2. The van der Waals surface area contributed by atoms with E-state index in [0.717, 1.165) is 28.4 Å². The molecule has 3 rings (SSSR count). The van der Waals surface area contributed by atoms with Crippen LogP contribution < -0.4 is 20.5 Å². The van der Waals surface area contributed by atoms with E-state index in [2.05, 4.69) is 11.4 Å². The third kappa shape index (κ3) is 2.31. The maximum Gasteiger partial charge on any atom is 0.231 e. The van der Waals surface area contributed by atoms with Crippen molar-refractivity contribution in [2.45, 2.75) is 6.42 Å². The van der Waals surface area contributed by atoms with Gasteiger partial charge in [-0.2, -0.15) is 5.26 Å². The molecule has 5 heteroatoms. The highest BCUT2D eigenvalue weighted by molar-refractivity contribution is 5.67. The van der Waals surface area contributed by atoms with Gasteiger partial charge in [0.1, 0.15) is 0 Å². The molecule has 0 saturated carbocycles. The predicted octanol–water partition coefficient (Wildman–Crippen LogP) is 2.81. The van der Waals surface area contributed by atoms with Crippen LogP contribution in [0, 0.1) is 11.3 Å². The molecule has 0 saturated heterocycles. The topological polar surface area (TPSA) is 80.3 Å². The standard InChI is InChI=1S/C15H13N3O2/c16-6-5-10-7-11(1-3-13(10)17)18-12-2-4-14-15(8-12)20-9-19-14/h1-4,7-8,18H,5,9,17H2. The highest BCUT2D eigenvalue weighted by atomic mass is 16.7. The summed E-state index contributed by atoms with van der Waals surface area (Å²) in [6.45, 7) is 0.257. The summed E-state index contributed by atoms with van der Waals surface area (Å²) in [4.78, 5) is 0. The number of nitriles is 1. The van der Waals surface area contributed by atoms with Crippen molar-refractivity contribution in [3.05, 3.63) is 42.0 Å². The Labute approximate surface area is 116 Å². The van der Waals surface area contributed by atoms with Gasteiger partial charge >= 0.3 is 0 Å². The van der Waals surface area contributed by atoms with E-state index >= 15 is 0 Å². The Morgan fingerprint density at radius 3 is 2.70 bits per heavy atom. The van der Waals surface area contributed by atoms with Gasteiger partial charge in [-0.3, -0.25) is 0 Å². The van der Waals surface area contributed by atoms with Gasteiger partial charge in [-0.15, -0.1) is 0 Å². The third-order valence-electron chi connectivity index (χ3n) is 3.07. The molecule has 20 heavy (non-hydrogen) atoms. The number of benzene rings is 2. The molecule has 0 amide bonds. The van der Waals surface area contributed by atoms with E-state index in [9.17, 15) is 0 Å². The van der Waals surface area contributed by atoms with Gasteiger partial charge < -0.3 is 20.5 Å². The Hall–Kier alpha value is -2.87. The van der Waals surface area contributed by atoms with Crippen LogP contribution in [-0.4, -0.2) is 6.79 Å². The zero-order valence-corrected chi connectivity index (χ0v) is 10.7. The van der Waals surface area contributed by atoms with Gasteiger partial charge in [0.25, 0.3) is 0 Å². The van der Waals surface area contributed by atoms with Crippen LogP contribution in [0.5, 0.6) is 11.5 Å². The van der Waals surface area contributed by atoms with E-state index in [-0.39, 0.29) is 6.79 Å². The molecule has 1 heterocycles. The molecule has 0 spiro atoms. The van der Waals surface area contributed by atoms with Crippen LogP contribution in [0.25, 0.3) is 0 Å². The van der Waals surface area contributed by atoms with Crippen molar-refractivity contribution in [3.8, 4) is 17.6 Å². The lowest BCUT2D eigenvalue weighted by Gasteiger charge is -2.10. The molecule has 3 N–H and O–H groups in total. The van der Waals surface area contributed by atoms with Crippen LogP contribution in [0.2, 0.25) is 0 Å². The van der Waals surface area contributed by atoms with Crippen molar-refractivity contribution in [2.75, 3.05) is 17.8 Å². The van der Waals surface area contributed by atoms with Gasteiger partial charge in [0.2, 0.25) is 6.79 Å². The smallest absolute Gasteiger partial charge is 0.231 e. The molecule has 5 nitrogen and oxygen atoms in total. The summed E-state index contributed by atoms with van der Waals surface area (Å²) in [5.41, 5.74) is 9.04. The number of anilines is 3. The summed E-state index contributed by atoms with van der Waals surface area (Å²) >= 11 is 0. The molecule has 0 fully saturated rings. The maximum atomic E-state index is 8.77. The SMILES string of the molecule is N#CCc1cc(Nc2ccc3c(c2)OCO3)ccc1N. The van der Waals surface area contributed by atoms with Crippen molar-refractivity contribution in [3.63, 3.8) is 0 Å². The molecule has 1 aliphatic heterocycles. The molecule has 0 radical (unpaired) electrons. The first-order valence-electron chi connectivity index (χ1n) is 6.18. The number of fused-ring (bicyclic) bond motifs is 1. The number of hydrogen-bond acceptors (Lipinski definition) is 5. The minimum atomic E-state index is 0.257. The maximum absolute atomic E-state index is 8.77.